The molecular weight excluding hydrogens is 452 g/mol. The summed E-state index contributed by atoms with van der Waals surface area (Å²) in [6.07, 6.45) is 4.26. The Balaban J connectivity index is 1.47. The first kappa shape index (κ1) is 21.9. The number of hydrogen-bond donors (Lipinski definition) is 3. The van der Waals surface area contributed by atoms with Gasteiger partial charge in [-0.25, -0.2) is 0 Å². The SMILES string of the molecule is N=C(N)c1ccc2cc(-c3nnc([C@H]4CC[C@H](N)CC4)s3)n(Cc3cccc4ccccc34)c2c1. The Bertz CT molecular complexity index is 1530. The van der Waals surface area contributed by atoms with E-state index in [-0.39, 0.29) is 5.84 Å². The topological polar surface area (TPSA) is 107 Å². The molecule has 0 saturated heterocycles. The molecule has 0 atom stereocenters. The first-order chi connectivity index (χ1) is 17.1. The summed E-state index contributed by atoms with van der Waals surface area (Å²) in [6.45, 7) is 0.689. The normalized spacial score (nSPS) is 18.3. The molecule has 35 heavy (non-hydrogen) atoms. The van der Waals surface area contributed by atoms with E-state index in [1.54, 1.807) is 11.3 Å². The molecule has 1 fully saturated rings. The van der Waals surface area contributed by atoms with Crippen molar-refractivity contribution < 1.29 is 0 Å². The van der Waals surface area contributed by atoms with Gasteiger partial charge in [0, 0.05) is 35.0 Å². The maximum absolute atomic E-state index is 7.95. The van der Waals surface area contributed by atoms with Gasteiger partial charge in [-0.3, -0.25) is 5.41 Å². The zero-order chi connectivity index (χ0) is 23.9. The molecule has 176 valence electrons. The summed E-state index contributed by atoms with van der Waals surface area (Å²) in [4.78, 5) is 0. The largest absolute Gasteiger partial charge is 0.384 e. The van der Waals surface area contributed by atoms with Crippen LogP contribution in [0.15, 0.2) is 66.7 Å². The fourth-order valence-electron chi connectivity index (χ4n) is 5.24. The summed E-state index contributed by atoms with van der Waals surface area (Å²) in [5.74, 6) is 0.515. The number of aromatic nitrogens is 3. The molecule has 6 nitrogen and oxygen atoms in total. The minimum Gasteiger partial charge on any atom is -0.384 e. The quantitative estimate of drug-likeness (QED) is 0.224. The molecule has 0 unspecified atom stereocenters. The summed E-state index contributed by atoms with van der Waals surface area (Å²) >= 11 is 1.70. The molecule has 1 aliphatic carbocycles. The minimum atomic E-state index is 0.0695. The van der Waals surface area contributed by atoms with Crippen LogP contribution in [0, 0.1) is 5.41 Å². The number of nitrogens with one attached hydrogen (secondary N) is 1. The smallest absolute Gasteiger partial charge is 0.164 e. The van der Waals surface area contributed by atoms with E-state index in [1.807, 2.05) is 18.2 Å². The summed E-state index contributed by atoms with van der Waals surface area (Å²) in [7, 11) is 0. The van der Waals surface area contributed by atoms with E-state index in [1.165, 1.54) is 16.3 Å². The van der Waals surface area contributed by atoms with Gasteiger partial charge in [0.25, 0.3) is 0 Å². The predicted octanol–water partition coefficient (Wildman–Crippen LogP) is 5.63. The van der Waals surface area contributed by atoms with Crippen molar-refractivity contribution in [2.75, 3.05) is 0 Å². The Morgan fingerprint density at radius 2 is 1.74 bits per heavy atom. The average molecular weight is 481 g/mol. The predicted molar refractivity (Wildman–Crippen MR) is 144 cm³/mol. The van der Waals surface area contributed by atoms with Gasteiger partial charge in [0.1, 0.15) is 10.8 Å². The van der Waals surface area contributed by atoms with E-state index >= 15 is 0 Å². The Labute approximate surface area is 208 Å². The van der Waals surface area contributed by atoms with Gasteiger partial charge in [-0.05, 0) is 54.2 Å². The van der Waals surface area contributed by atoms with Crippen molar-refractivity contribution in [2.24, 2.45) is 11.5 Å². The molecule has 0 bridgehead atoms. The lowest BCUT2D eigenvalue weighted by molar-refractivity contribution is 0.393. The molecule has 3 aromatic carbocycles. The Morgan fingerprint density at radius 3 is 2.57 bits per heavy atom. The van der Waals surface area contributed by atoms with Crippen LogP contribution in [0.2, 0.25) is 0 Å². The van der Waals surface area contributed by atoms with Crippen molar-refractivity contribution in [3.8, 4) is 10.7 Å². The van der Waals surface area contributed by atoms with Crippen LogP contribution in [0.25, 0.3) is 32.4 Å². The van der Waals surface area contributed by atoms with Crippen LogP contribution in [0.1, 0.15) is 47.7 Å². The van der Waals surface area contributed by atoms with E-state index in [0.717, 1.165) is 57.9 Å². The fourth-order valence-corrected chi connectivity index (χ4v) is 6.28. The lowest BCUT2D eigenvalue weighted by atomic mass is 9.87. The highest BCUT2D eigenvalue weighted by atomic mass is 32.1. The molecule has 1 aliphatic rings. The van der Waals surface area contributed by atoms with E-state index in [9.17, 15) is 0 Å². The summed E-state index contributed by atoms with van der Waals surface area (Å²) in [5, 5.41) is 22.8. The van der Waals surface area contributed by atoms with Gasteiger partial charge in [0.2, 0.25) is 0 Å². The number of nitrogens with zero attached hydrogens (tertiary/aromatic N) is 3. The molecule has 2 heterocycles. The lowest BCUT2D eigenvalue weighted by Gasteiger charge is -2.23. The average Bonchev–Trinajstić information content (AvgIpc) is 3.50. The third-order valence-electron chi connectivity index (χ3n) is 7.20. The zero-order valence-corrected chi connectivity index (χ0v) is 20.3. The molecule has 1 saturated carbocycles. The van der Waals surface area contributed by atoms with E-state index in [2.05, 4.69) is 63.3 Å². The van der Waals surface area contributed by atoms with Gasteiger partial charge in [0.15, 0.2) is 5.01 Å². The minimum absolute atomic E-state index is 0.0695. The second kappa shape index (κ2) is 8.91. The third kappa shape index (κ3) is 4.11. The van der Waals surface area contributed by atoms with Gasteiger partial charge in [-0.15, -0.1) is 10.2 Å². The molecule has 0 radical (unpaired) electrons. The molecule has 6 rings (SSSR count). The monoisotopic (exact) mass is 480 g/mol. The second-order valence-corrected chi connectivity index (χ2v) is 10.5. The number of nitrogen functional groups attached to an aromatic ring is 1. The maximum atomic E-state index is 7.95. The van der Waals surface area contributed by atoms with E-state index in [0.29, 0.717) is 18.5 Å². The van der Waals surface area contributed by atoms with Crippen LogP contribution < -0.4 is 11.5 Å². The number of rotatable bonds is 5. The molecule has 0 aliphatic heterocycles. The maximum Gasteiger partial charge on any atom is 0.164 e. The van der Waals surface area contributed by atoms with Crippen molar-refractivity contribution in [3.05, 3.63) is 82.9 Å². The molecule has 5 N–H and O–H groups in total. The first-order valence-electron chi connectivity index (χ1n) is 12.1. The summed E-state index contributed by atoms with van der Waals surface area (Å²) in [5.41, 5.74) is 16.0. The highest BCUT2D eigenvalue weighted by Gasteiger charge is 2.24. The van der Waals surface area contributed by atoms with E-state index < -0.39 is 0 Å². The molecule has 5 aromatic rings. The number of nitrogens with two attached hydrogens (primary N) is 2. The number of benzene rings is 3. The summed E-state index contributed by atoms with van der Waals surface area (Å²) in [6, 6.07) is 23.4. The number of hydrogen-bond acceptors (Lipinski definition) is 5. The fraction of sp³-hybridized carbons (Fsp3) is 0.250. The van der Waals surface area contributed by atoms with Gasteiger partial charge < -0.3 is 16.0 Å². The van der Waals surface area contributed by atoms with Gasteiger partial charge >= 0.3 is 0 Å². The van der Waals surface area contributed by atoms with Crippen LogP contribution in [0.3, 0.4) is 0 Å². The van der Waals surface area contributed by atoms with Gasteiger partial charge in [-0.2, -0.15) is 0 Å². The third-order valence-corrected chi connectivity index (χ3v) is 8.31. The van der Waals surface area contributed by atoms with Crippen molar-refractivity contribution in [1.82, 2.24) is 14.8 Å². The number of fused-ring (bicyclic) bond motifs is 2. The van der Waals surface area contributed by atoms with Gasteiger partial charge in [-0.1, -0.05) is 65.9 Å². The highest BCUT2D eigenvalue weighted by molar-refractivity contribution is 7.14. The van der Waals surface area contributed by atoms with Crippen molar-refractivity contribution in [2.45, 2.75) is 44.2 Å². The van der Waals surface area contributed by atoms with Crippen LogP contribution in [-0.4, -0.2) is 26.6 Å². The Morgan fingerprint density at radius 1 is 0.943 bits per heavy atom. The van der Waals surface area contributed by atoms with Crippen LogP contribution >= 0.6 is 11.3 Å². The first-order valence-corrected chi connectivity index (χ1v) is 12.9. The van der Waals surface area contributed by atoms with Crippen LogP contribution in [0.5, 0.6) is 0 Å². The molecular formula is C28H28N6S. The zero-order valence-electron chi connectivity index (χ0n) is 19.4. The Kier molecular flexibility index (Phi) is 5.59. The summed E-state index contributed by atoms with van der Waals surface area (Å²) < 4.78 is 2.30. The molecule has 2 aromatic heterocycles. The van der Waals surface area contributed by atoms with Crippen LogP contribution in [0.4, 0.5) is 0 Å². The Hall–Kier alpha value is -3.55. The van der Waals surface area contributed by atoms with Gasteiger partial charge in [0.05, 0.1) is 5.69 Å². The molecule has 0 spiro atoms. The number of amidine groups is 1. The molecule has 0 amide bonds. The van der Waals surface area contributed by atoms with Crippen LogP contribution in [-0.2, 0) is 6.54 Å². The molecule has 7 heteroatoms. The lowest BCUT2D eigenvalue weighted by Crippen LogP contribution is -2.25. The second-order valence-electron chi connectivity index (χ2n) is 9.50. The van der Waals surface area contributed by atoms with Crippen molar-refractivity contribution in [1.29, 1.82) is 5.41 Å². The van der Waals surface area contributed by atoms with E-state index in [4.69, 9.17) is 16.9 Å². The van der Waals surface area contributed by atoms with Crippen molar-refractivity contribution in [3.63, 3.8) is 0 Å². The highest BCUT2D eigenvalue weighted by Crippen LogP contribution is 2.38. The van der Waals surface area contributed by atoms with Crippen molar-refractivity contribution >= 4 is 38.8 Å². The standard InChI is InChI=1S/C28H28N6S/c29-22-12-10-18(11-13-22)27-32-33-28(35-27)25-14-19-8-9-20(26(30)31)15-24(19)34(25)16-21-6-3-5-17-4-1-2-7-23(17)21/h1-9,14-15,18,22H,10-13,16,29H2,(H3,30,31)/t18-,22-.